The number of rotatable bonds is 27. The number of Topliss-reactive ketones (excluding diaryl/α,β-unsaturated/α-hetero) is 2. The number of carbonyl (C=O) groups excluding carboxylic acids is 11. The molecule has 0 aliphatic carbocycles. The Balaban J connectivity index is 0.000000190. The van der Waals surface area contributed by atoms with Gasteiger partial charge in [0.05, 0.1) is 70.8 Å². The van der Waals surface area contributed by atoms with E-state index in [2.05, 4.69) is 52.2 Å². The van der Waals surface area contributed by atoms with E-state index in [-0.39, 0.29) is 67.4 Å². The number of carboxylic acid groups (broad SMARTS) is 2. The van der Waals surface area contributed by atoms with Gasteiger partial charge in [-0.25, -0.2) is 15.0 Å². The van der Waals surface area contributed by atoms with Gasteiger partial charge in [-0.1, -0.05) is 42.5 Å². The van der Waals surface area contributed by atoms with Crippen LogP contribution in [-0.4, -0.2) is 269 Å². The van der Waals surface area contributed by atoms with E-state index in [4.69, 9.17) is 27.8 Å². The van der Waals surface area contributed by atoms with Crippen molar-refractivity contribution >= 4 is 156 Å². The number of ketones is 2. The molecule has 4 aliphatic heterocycles. The number of hydrogen-bond donors (Lipinski definition) is 10. The zero-order chi connectivity index (χ0) is 108. The van der Waals surface area contributed by atoms with Gasteiger partial charge in [-0.2, -0.15) is 0 Å². The topological polar surface area (TPSA) is 489 Å². The maximum Gasteiger partial charge on any atom is 0.323 e. The number of esters is 2. The van der Waals surface area contributed by atoms with Gasteiger partial charge >= 0.3 is 23.9 Å². The third-order valence-corrected chi connectivity index (χ3v) is 25.3. The Kier molecular flexibility index (Phi) is 35.4. The fourth-order valence-electron chi connectivity index (χ4n) is 19.0. The third-order valence-electron chi connectivity index (χ3n) is 25.3. The van der Waals surface area contributed by atoms with Gasteiger partial charge in [-0.15, -0.1) is 0 Å². The van der Waals surface area contributed by atoms with Crippen molar-refractivity contribution in [2.75, 3.05) is 148 Å². The Morgan fingerprint density at radius 2 is 0.630 bits per heavy atom. The van der Waals surface area contributed by atoms with Gasteiger partial charge in [-0.05, 0) is 287 Å². The first kappa shape index (κ1) is 112. The molecule has 3 aromatic heterocycles. The van der Waals surface area contributed by atoms with Crippen molar-refractivity contribution < 1.29 is 100 Å². The number of carbonyl (C=O) groups is 13. The molecule has 39 heteroatoms. The highest BCUT2D eigenvalue weighted by Gasteiger charge is 2.43. The summed E-state index contributed by atoms with van der Waals surface area (Å²) >= 11 is 0. The second kappa shape index (κ2) is 46.2. The average Bonchev–Trinajstić information content (AvgIpc) is 1.58. The summed E-state index contributed by atoms with van der Waals surface area (Å²) in [5.41, 5.74) is 20.1. The molecule has 7 heterocycles. The predicted octanol–water partition coefficient (Wildman–Crippen LogP) is 9.95. The summed E-state index contributed by atoms with van der Waals surface area (Å²) in [6.45, 7) is 37.4. The molecule has 10 aromatic rings. The second-order valence-electron chi connectivity index (χ2n) is 40.4. The third kappa shape index (κ3) is 26.6. The molecule has 7 amide bonds. The van der Waals surface area contributed by atoms with Crippen molar-refractivity contribution in [1.82, 2.24) is 52.2 Å². The Bertz CT molecular complexity index is 6720. The zero-order valence-corrected chi connectivity index (χ0v) is 88.6. The molecule has 0 radical (unpaired) electrons. The summed E-state index contributed by atoms with van der Waals surface area (Å²) in [6.07, 6.45) is -2.92. The molecule has 8 atom stereocenters. The van der Waals surface area contributed by atoms with Crippen LogP contribution < -0.4 is 76.4 Å². The van der Waals surface area contributed by atoms with Crippen LogP contribution in [0.3, 0.4) is 0 Å². The SMILES string of the molecule is CN[C@H]1CN(C)c2cc(C)cc(C)c2N(CC(=O)N[C@@H](CC(=O)O)C(=O)c2nc3cc(C)cc(C)c3o2)C1=O.CN[C@H]1CN(C)c2cc(C)cc(C)c2N(CC(=O)N[C@@H](CC(=O)OC(C)(C)C)C(=O)c2nc3cc(C)cc(C)c3o2)C1=O.CN[C@H]1CN(C)c2cc(C)cc(C)c2N(CC(=O)N[C@@H](CC(=O)OC(C)(C)C)C(O)c2nc3cc(C)cc(C)c3o2)C1=O.CN[C@H]1CN(C)c2cc(C)cc(C)c2N(CC(=O)O)C1=O. The number of amides is 7. The second-order valence-corrected chi connectivity index (χ2v) is 40.4. The van der Waals surface area contributed by atoms with Crippen LogP contribution in [0.15, 0.2) is 98.2 Å². The van der Waals surface area contributed by atoms with E-state index in [1.165, 1.54) is 19.6 Å². The number of aromatic nitrogens is 3. The monoisotopic (exact) mass is 2010 g/mol. The maximum absolute atomic E-state index is 13.7. The van der Waals surface area contributed by atoms with Crippen LogP contribution in [0, 0.1) is 96.9 Å². The fourth-order valence-corrected chi connectivity index (χ4v) is 19.0. The lowest BCUT2D eigenvalue weighted by Crippen LogP contribution is -2.52. The van der Waals surface area contributed by atoms with Crippen LogP contribution >= 0.6 is 0 Å². The lowest BCUT2D eigenvalue weighted by Gasteiger charge is -2.29. The number of fused-ring (bicyclic) bond motifs is 7. The number of oxazole rings is 3. The number of nitrogens with one attached hydrogen (secondary N) is 7. The highest BCUT2D eigenvalue weighted by molar-refractivity contribution is 6.11. The van der Waals surface area contributed by atoms with E-state index in [0.29, 0.717) is 82.2 Å². The summed E-state index contributed by atoms with van der Waals surface area (Å²) in [5.74, 6) is -8.49. The molecule has 782 valence electrons. The van der Waals surface area contributed by atoms with Crippen molar-refractivity contribution in [3.05, 3.63) is 180 Å². The van der Waals surface area contributed by atoms with E-state index in [0.717, 1.165) is 101 Å². The number of hydrogen-bond acceptors (Lipinski definition) is 30. The molecule has 146 heavy (non-hydrogen) atoms. The smallest absolute Gasteiger partial charge is 0.323 e. The molecule has 0 fully saturated rings. The van der Waals surface area contributed by atoms with Crippen molar-refractivity contribution in [2.45, 2.75) is 217 Å². The van der Waals surface area contributed by atoms with Gasteiger partial charge in [0.25, 0.3) is 11.8 Å². The van der Waals surface area contributed by atoms with E-state index < -0.39 is 132 Å². The lowest BCUT2D eigenvalue weighted by atomic mass is 10.1. The zero-order valence-electron chi connectivity index (χ0n) is 88.6. The lowest BCUT2D eigenvalue weighted by molar-refractivity contribution is -0.157. The maximum atomic E-state index is 13.7. The minimum atomic E-state index is -1.46. The van der Waals surface area contributed by atoms with Gasteiger partial charge in [0.2, 0.25) is 58.8 Å². The first-order valence-electron chi connectivity index (χ1n) is 48.3. The molecule has 14 rings (SSSR count). The van der Waals surface area contributed by atoms with Crippen molar-refractivity contribution in [3.63, 3.8) is 0 Å². The molecule has 10 N–H and O–H groups in total. The first-order valence-corrected chi connectivity index (χ1v) is 48.3. The Morgan fingerprint density at radius 1 is 0.363 bits per heavy atom. The van der Waals surface area contributed by atoms with Crippen molar-refractivity contribution in [1.29, 1.82) is 0 Å². The summed E-state index contributed by atoms with van der Waals surface area (Å²) in [6, 6.07) is 20.8. The summed E-state index contributed by atoms with van der Waals surface area (Å²) < 4.78 is 28.4. The predicted molar refractivity (Wildman–Crippen MR) is 558 cm³/mol. The van der Waals surface area contributed by atoms with Gasteiger partial charge < -0.3 is 94.9 Å². The number of nitrogens with zero attached hydrogens (tertiary/aromatic N) is 11. The van der Waals surface area contributed by atoms with Gasteiger partial charge in [0.15, 0.2) is 22.9 Å². The summed E-state index contributed by atoms with van der Waals surface area (Å²) in [7, 11) is 14.4. The Hall–Kier alpha value is -14.5. The molecule has 4 aliphatic rings. The Morgan fingerprint density at radius 3 is 0.925 bits per heavy atom. The molecule has 0 spiro atoms. The van der Waals surface area contributed by atoms with Gasteiger partial charge in [-0.3, -0.25) is 81.9 Å². The number of anilines is 8. The quantitative estimate of drug-likeness (QED) is 0.0169. The molecule has 0 saturated heterocycles. The number of aliphatic hydroxyl groups is 1. The number of aliphatic hydroxyl groups excluding tert-OH is 1. The minimum absolute atomic E-state index is 0.0306. The summed E-state index contributed by atoms with van der Waals surface area (Å²) in [5, 5.41) is 50.1. The molecular formula is C107H138N18O21. The summed E-state index contributed by atoms with van der Waals surface area (Å²) in [4.78, 5) is 196. The number of likely N-dealkylation sites (N-methyl/N-ethyl adjacent to an activating group) is 8. The normalized spacial score (nSPS) is 16.7. The van der Waals surface area contributed by atoms with Gasteiger partial charge in [0.1, 0.15) is 90.2 Å². The number of carboxylic acids is 2. The molecular weight excluding hydrogens is 1870 g/mol. The van der Waals surface area contributed by atoms with Crippen LogP contribution in [0.2, 0.25) is 0 Å². The van der Waals surface area contributed by atoms with E-state index in [1.54, 1.807) is 81.9 Å². The average molecular weight is 2010 g/mol. The van der Waals surface area contributed by atoms with Crippen LogP contribution in [0.25, 0.3) is 33.3 Å². The van der Waals surface area contributed by atoms with E-state index >= 15 is 0 Å². The number of aryl methyl sites for hydroxylation is 14. The largest absolute Gasteiger partial charge is 0.481 e. The number of benzene rings is 7. The molecule has 0 bridgehead atoms. The van der Waals surface area contributed by atoms with Gasteiger partial charge in [0, 0.05) is 54.4 Å². The van der Waals surface area contributed by atoms with Crippen LogP contribution in [0.5, 0.6) is 0 Å². The van der Waals surface area contributed by atoms with Crippen LogP contribution in [0.4, 0.5) is 45.5 Å². The molecule has 39 nitrogen and oxygen atoms in total. The van der Waals surface area contributed by atoms with Crippen LogP contribution in [-0.2, 0) is 62.2 Å². The molecule has 7 aromatic carbocycles. The number of aliphatic carboxylic acids is 2. The van der Waals surface area contributed by atoms with E-state index in [1.807, 2.05) is 218 Å². The highest BCUT2D eigenvalue weighted by atomic mass is 16.6. The Labute approximate surface area is 849 Å². The van der Waals surface area contributed by atoms with E-state index in [9.17, 15) is 72.5 Å². The first-order chi connectivity index (χ1) is 68.4. The van der Waals surface area contributed by atoms with Crippen molar-refractivity contribution in [2.24, 2.45) is 0 Å². The standard InChI is InChI=1S/C32H43N5O6.C32H41N5O6.C28H33N5O6.C15H21N3O3/c2*1-17-11-20(4)29-22(12-17)35-30(42-29)28(40)21(14-26(39)43-32(5,6)7)34-25(38)16-37-27-19(3)10-18(2)13-24(27)36(9)15-23(33-8)31(37)41;1-14-8-17(4)26-19(9-14)31-27(39-26)25(37)18(11-23(35)36)30-22(34)13-33-24-16(3)7-15(2)10-21(24)32(6)12-20(29-5)28(33)38;1-9-5-10(2)14-12(6-9)17(4)7-11(16-3)15(21)18(14)8-13(19)20/h10-13,21,23,28,33,40H,14-16H2,1-9H3,(H,34,38);10-13,21,23,33H,14-16H2,1-9H3,(H,34,38);7-10,18,20,29H,11-13H2,1-6H3,(H,30,34)(H,35,36);5-6,11,16H,7-8H2,1-4H3,(H,19,20)/t21-,23-,28?;21-,23-;18-,20-;11-/m0000/s1. The minimum Gasteiger partial charge on any atom is -0.481 e. The fraction of sp³-hybridized carbons (Fsp3) is 0.458. The molecule has 1 unspecified atom stereocenters. The molecule has 0 saturated carbocycles. The highest BCUT2D eigenvalue weighted by Crippen LogP contribution is 2.42. The number of ether oxygens (including phenoxy) is 2. The van der Waals surface area contributed by atoms with Crippen LogP contribution in [0.1, 0.15) is 172 Å². The van der Waals surface area contributed by atoms with Crippen molar-refractivity contribution in [3.8, 4) is 0 Å².